The number of benzene rings is 1. The van der Waals surface area contributed by atoms with E-state index in [2.05, 4.69) is 31.9 Å². The molecule has 3 nitrogen and oxygen atoms in total. The number of nitrogens with zero attached hydrogens (tertiary/aromatic N) is 1. The Kier molecular flexibility index (Phi) is 3.45. The molecule has 1 fully saturated rings. The van der Waals surface area contributed by atoms with Gasteiger partial charge in [-0.05, 0) is 47.0 Å². The van der Waals surface area contributed by atoms with E-state index in [1.54, 1.807) is 25.2 Å². The standard InChI is InChI=1S/C10H11Br2NO2S/c1-13(8-3-4-8)16(14,15)10-5-2-7(11)6-9(10)12/h2,5-6,8H,3-4H2,1H3. The largest absolute Gasteiger partial charge is 0.244 e. The lowest BCUT2D eigenvalue weighted by molar-refractivity contribution is 0.464. The first-order valence-electron chi connectivity index (χ1n) is 4.86. The van der Waals surface area contributed by atoms with Crippen molar-refractivity contribution in [2.75, 3.05) is 7.05 Å². The van der Waals surface area contributed by atoms with Crippen LogP contribution in [-0.4, -0.2) is 25.8 Å². The van der Waals surface area contributed by atoms with E-state index < -0.39 is 10.0 Å². The maximum Gasteiger partial charge on any atom is 0.244 e. The van der Waals surface area contributed by atoms with Gasteiger partial charge in [-0.2, -0.15) is 4.31 Å². The molecule has 1 aliphatic carbocycles. The molecule has 0 aliphatic heterocycles. The van der Waals surface area contributed by atoms with Gasteiger partial charge in [-0.15, -0.1) is 0 Å². The van der Waals surface area contributed by atoms with E-state index in [0.29, 0.717) is 9.37 Å². The monoisotopic (exact) mass is 367 g/mol. The second-order valence-electron chi connectivity index (χ2n) is 3.83. The highest BCUT2D eigenvalue weighted by molar-refractivity contribution is 9.11. The van der Waals surface area contributed by atoms with Crippen molar-refractivity contribution in [3.05, 3.63) is 27.1 Å². The first kappa shape index (κ1) is 12.5. The van der Waals surface area contributed by atoms with Crippen LogP contribution in [0.2, 0.25) is 0 Å². The second-order valence-corrected chi connectivity index (χ2v) is 7.56. The fourth-order valence-electron chi connectivity index (χ4n) is 1.47. The van der Waals surface area contributed by atoms with Crippen molar-refractivity contribution in [2.45, 2.75) is 23.8 Å². The van der Waals surface area contributed by atoms with Gasteiger partial charge in [0.05, 0.1) is 4.90 Å². The number of hydrogen-bond donors (Lipinski definition) is 0. The van der Waals surface area contributed by atoms with Gasteiger partial charge in [-0.1, -0.05) is 15.9 Å². The quantitative estimate of drug-likeness (QED) is 0.822. The Labute approximate surface area is 112 Å². The van der Waals surface area contributed by atoms with Crippen molar-refractivity contribution in [3.63, 3.8) is 0 Å². The highest BCUT2D eigenvalue weighted by Crippen LogP contribution is 2.33. The van der Waals surface area contributed by atoms with Crippen LogP contribution in [0.4, 0.5) is 0 Å². The van der Waals surface area contributed by atoms with Gasteiger partial charge >= 0.3 is 0 Å². The van der Waals surface area contributed by atoms with Gasteiger partial charge in [0.2, 0.25) is 10.0 Å². The zero-order valence-electron chi connectivity index (χ0n) is 8.65. The second kappa shape index (κ2) is 4.40. The van der Waals surface area contributed by atoms with Crippen molar-refractivity contribution < 1.29 is 8.42 Å². The summed E-state index contributed by atoms with van der Waals surface area (Å²) >= 11 is 6.59. The number of halogens is 2. The summed E-state index contributed by atoms with van der Waals surface area (Å²) in [7, 11) is -1.72. The molecule has 0 atom stereocenters. The Balaban J connectivity index is 2.42. The highest BCUT2D eigenvalue weighted by Gasteiger charge is 2.35. The van der Waals surface area contributed by atoms with E-state index in [4.69, 9.17) is 0 Å². The molecule has 88 valence electrons. The molecule has 16 heavy (non-hydrogen) atoms. The van der Waals surface area contributed by atoms with Gasteiger partial charge in [0, 0.05) is 22.0 Å². The van der Waals surface area contributed by atoms with Gasteiger partial charge in [0.1, 0.15) is 0 Å². The summed E-state index contributed by atoms with van der Waals surface area (Å²) in [6, 6.07) is 5.27. The van der Waals surface area contributed by atoms with Gasteiger partial charge in [-0.3, -0.25) is 0 Å². The number of rotatable bonds is 3. The van der Waals surface area contributed by atoms with Gasteiger partial charge < -0.3 is 0 Å². The Hall–Kier alpha value is 0.0900. The molecular formula is C10H11Br2NO2S. The predicted molar refractivity (Wildman–Crippen MR) is 69.8 cm³/mol. The Morgan fingerprint density at radius 3 is 2.44 bits per heavy atom. The number of sulfonamides is 1. The maximum atomic E-state index is 12.2. The lowest BCUT2D eigenvalue weighted by atomic mass is 10.4. The molecule has 0 N–H and O–H groups in total. The SMILES string of the molecule is CN(C1CC1)S(=O)(=O)c1ccc(Br)cc1Br. The van der Waals surface area contributed by atoms with E-state index >= 15 is 0 Å². The molecule has 0 bridgehead atoms. The van der Waals surface area contributed by atoms with Crippen LogP contribution < -0.4 is 0 Å². The molecule has 0 unspecified atom stereocenters. The fraction of sp³-hybridized carbons (Fsp3) is 0.400. The first-order chi connectivity index (χ1) is 7.43. The fourth-order valence-corrected chi connectivity index (χ4v) is 4.59. The number of hydrogen-bond acceptors (Lipinski definition) is 2. The molecule has 0 saturated heterocycles. The third-order valence-corrected chi connectivity index (χ3v) is 5.99. The van der Waals surface area contributed by atoms with E-state index in [9.17, 15) is 8.42 Å². The average Bonchev–Trinajstić information content (AvgIpc) is 2.98. The van der Waals surface area contributed by atoms with Crippen LogP contribution in [0.15, 0.2) is 32.0 Å². The van der Waals surface area contributed by atoms with Gasteiger partial charge in [0.15, 0.2) is 0 Å². The van der Waals surface area contributed by atoms with Crippen molar-refractivity contribution >= 4 is 41.9 Å². The summed E-state index contributed by atoms with van der Waals surface area (Å²) in [6.45, 7) is 0. The molecule has 0 amide bonds. The van der Waals surface area contributed by atoms with Crippen LogP contribution in [-0.2, 0) is 10.0 Å². The van der Waals surface area contributed by atoms with Crippen LogP contribution in [0.5, 0.6) is 0 Å². The van der Waals surface area contributed by atoms with Gasteiger partial charge in [0.25, 0.3) is 0 Å². The average molecular weight is 369 g/mol. The zero-order valence-corrected chi connectivity index (χ0v) is 12.6. The van der Waals surface area contributed by atoms with Crippen LogP contribution in [0.25, 0.3) is 0 Å². The van der Waals surface area contributed by atoms with E-state index in [1.807, 2.05) is 0 Å². The molecule has 1 aromatic rings. The van der Waals surface area contributed by atoms with Crippen molar-refractivity contribution in [3.8, 4) is 0 Å². The van der Waals surface area contributed by atoms with Crippen LogP contribution in [0.1, 0.15) is 12.8 Å². The van der Waals surface area contributed by atoms with Crippen LogP contribution in [0.3, 0.4) is 0 Å². The van der Waals surface area contributed by atoms with E-state index in [-0.39, 0.29) is 6.04 Å². The molecule has 1 aromatic carbocycles. The Morgan fingerprint density at radius 1 is 1.31 bits per heavy atom. The predicted octanol–water partition coefficient (Wildman–Crippen LogP) is 2.99. The van der Waals surface area contributed by atoms with Crippen molar-refractivity contribution in [1.29, 1.82) is 0 Å². The minimum atomic E-state index is -3.36. The van der Waals surface area contributed by atoms with Gasteiger partial charge in [-0.25, -0.2) is 8.42 Å². The summed E-state index contributed by atoms with van der Waals surface area (Å²) in [5, 5.41) is 0. The molecule has 0 spiro atoms. The molecule has 2 rings (SSSR count). The smallest absolute Gasteiger partial charge is 0.207 e. The lowest BCUT2D eigenvalue weighted by Gasteiger charge is -2.17. The van der Waals surface area contributed by atoms with Crippen LogP contribution >= 0.6 is 31.9 Å². The minimum absolute atomic E-state index is 0.181. The lowest BCUT2D eigenvalue weighted by Crippen LogP contribution is -2.29. The van der Waals surface area contributed by atoms with Crippen LogP contribution in [0, 0.1) is 0 Å². The third kappa shape index (κ3) is 2.34. The van der Waals surface area contributed by atoms with Crippen molar-refractivity contribution in [1.82, 2.24) is 4.31 Å². The van der Waals surface area contributed by atoms with Crippen molar-refractivity contribution in [2.24, 2.45) is 0 Å². The highest BCUT2D eigenvalue weighted by atomic mass is 79.9. The van der Waals surface area contributed by atoms with E-state index in [0.717, 1.165) is 17.3 Å². The molecular weight excluding hydrogens is 358 g/mol. The van der Waals surface area contributed by atoms with E-state index in [1.165, 1.54) is 4.31 Å². The summed E-state index contributed by atoms with van der Waals surface area (Å²) in [4.78, 5) is 0.324. The Morgan fingerprint density at radius 2 is 1.94 bits per heavy atom. The minimum Gasteiger partial charge on any atom is -0.207 e. The normalized spacial score (nSPS) is 16.8. The molecule has 0 heterocycles. The zero-order chi connectivity index (χ0) is 11.9. The Bertz CT molecular complexity index is 512. The summed E-state index contributed by atoms with van der Waals surface area (Å²) in [5.74, 6) is 0. The molecule has 1 aliphatic rings. The topological polar surface area (TPSA) is 37.4 Å². The maximum absolute atomic E-state index is 12.2. The summed E-state index contributed by atoms with van der Waals surface area (Å²) < 4.78 is 27.4. The summed E-state index contributed by atoms with van der Waals surface area (Å²) in [6.07, 6.45) is 1.92. The molecule has 1 saturated carbocycles. The molecule has 0 radical (unpaired) electrons. The molecule has 0 aromatic heterocycles. The first-order valence-corrected chi connectivity index (χ1v) is 7.88. The summed E-state index contributed by atoms with van der Waals surface area (Å²) in [5.41, 5.74) is 0. The third-order valence-electron chi connectivity index (χ3n) is 2.61. The molecule has 6 heteroatoms.